The zero-order valence-electron chi connectivity index (χ0n) is 11.2. The highest BCUT2D eigenvalue weighted by Gasteiger charge is 2.17. The maximum Gasteiger partial charge on any atom is 0.105 e. The van der Waals surface area contributed by atoms with Crippen LogP contribution in [-0.2, 0) is 13.1 Å². The average Bonchev–Trinajstić information content (AvgIpc) is 2.94. The summed E-state index contributed by atoms with van der Waals surface area (Å²) in [5.74, 6) is 2.05. The molecular formula is C14H25N3. The van der Waals surface area contributed by atoms with Crippen LogP contribution >= 0.6 is 0 Å². The molecule has 0 bridgehead atoms. The number of nitrogens with one attached hydrogen (secondary N) is 1. The molecule has 0 aliphatic heterocycles. The van der Waals surface area contributed by atoms with Gasteiger partial charge in [0.2, 0.25) is 0 Å². The lowest BCUT2D eigenvalue weighted by Gasteiger charge is -2.15. The van der Waals surface area contributed by atoms with E-state index in [4.69, 9.17) is 0 Å². The second-order valence-corrected chi connectivity index (χ2v) is 5.23. The minimum absolute atomic E-state index is 0.882. The molecule has 0 unspecified atom stereocenters. The van der Waals surface area contributed by atoms with Crippen molar-refractivity contribution in [2.24, 2.45) is 5.92 Å². The quantitative estimate of drug-likeness (QED) is 0.768. The molecule has 1 fully saturated rings. The van der Waals surface area contributed by atoms with Crippen LogP contribution in [0.4, 0.5) is 0 Å². The van der Waals surface area contributed by atoms with Crippen molar-refractivity contribution in [1.29, 1.82) is 0 Å². The lowest BCUT2D eigenvalue weighted by Crippen LogP contribution is -2.19. The van der Waals surface area contributed by atoms with Gasteiger partial charge in [-0.1, -0.05) is 19.8 Å². The standard InChI is InChI=1S/C14H25N3/c1-3-8-15-9-14-10-16-12(2)17(14)11-13-6-4-5-7-13/h10,13,15H,3-9,11H2,1-2H3. The van der Waals surface area contributed by atoms with Gasteiger partial charge in [-0.15, -0.1) is 0 Å². The molecule has 1 saturated carbocycles. The third-order valence-corrected chi connectivity index (χ3v) is 3.79. The summed E-state index contributed by atoms with van der Waals surface area (Å²) in [4.78, 5) is 4.46. The first-order chi connectivity index (χ1) is 8.31. The van der Waals surface area contributed by atoms with Gasteiger partial charge >= 0.3 is 0 Å². The molecule has 96 valence electrons. The van der Waals surface area contributed by atoms with Gasteiger partial charge in [0, 0.05) is 19.3 Å². The van der Waals surface area contributed by atoms with Gasteiger partial charge in [-0.2, -0.15) is 0 Å². The number of nitrogens with zero attached hydrogens (tertiary/aromatic N) is 2. The lowest BCUT2D eigenvalue weighted by molar-refractivity contribution is 0.438. The van der Waals surface area contributed by atoms with E-state index in [1.54, 1.807) is 0 Å². The van der Waals surface area contributed by atoms with Crippen molar-refractivity contribution in [3.8, 4) is 0 Å². The van der Waals surface area contributed by atoms with Crippen LogP contribution in [-0.4, -0.2) is 16.1 Å². The van der Waals surface area contributed by atoms with Gasteiger partial charge in [0.05, 0.1) is 5.69 Å². The monoisotopic (exact) mass is 235 g/mol. The molecule has 1 aliphatic rings. The van der Waals surface area contributed by atoms with E-state index in [9.17, 15) is 0 Å². The fourth-order valence-corrected chi connectivity index (χ4v) is 2.75. The largest absolute Gasteiger partial charge is 0.331 e. The number of imidazole rings is 1. The van der Waals surface area contributed by atoms with E-state index < -0.39 is 0 Å². The fourth-order valence-electron chi connectivity index (χ4n) is 2.75. The van der Waals surface area contributed by atoms with Crippen LogP contribution in [0.2, 0.25) is 0 Å². The fraction of sp³-hybridized carbons (Fsp3) is 0.786. The van der Waals surface area contributed by atoms with Crippen molar-refractivity contribution >= 4 is 0 Å². The molecule has 1 aliphatic carbocycles. The van der Waals surface area contributed by atoms with Crippen molar-refractivity contribution in [3.05, 3.63) is 17.7 Å². The third-order valence-electron chi connectivity index (χ3n) is 3.79. The van der Waals surface area contributed by atoms with E-state index in [1.807, 2.05) is 6.20 Å². The summed E-state index contributed by atoms with van der Waals surface area (Å²) in [6, 6.07) is 0. The third kappa shape index (κ3) is 3.32. The molecule has 17 heavy (non-hydrogen) atoms. The van der Waals surface area contributed by atoms with Gasteiger partial charge < -0.3 is 9.88 Å². The highest BCUT2D eigenvalue weighted by molar-refractivity contribution is 5.04. The number of aromatic nitrogens is 2. The van der Waals surface area contributed by atoms with Crippen LogP contribution in [0.5, 0.6) is 0 Å². The van der Waals surface area contributed by atoms with E-state index in [1.165, 1.54) is 50.2 Å². The number of hydrogen-bond acceptors (Lipinski definition) is 2. The van der Waals surface area contributed by atoms with Crippen LogP contribution < -0.4 is 5.32 Å². The SMILES string of the molecule is CCCNCc1cnc(C)n1CC1CCCC1. The summed E-state index contributed by atoms with van der Waals surface area (Å²) >= 11 is 0. The van der Waals surface area contributed by atoms with Crippen molar-refractivity contribution in [2.45, 2.75) is 59.0 Å². The molecule has 1 aromatic heterocycles. The van der Waals surface area contributed by atoms with Gasteiger partial charge in [-0.3, -0.25) is 0 Å². The van der Waals surface area contributed by atoms with Crippen LogP contribution in [0, 0.1) is 12.8 Å². The minimum Gasteiger partial charge on any atom is -0.331 e. The van der Waals surface area contributed by atoms with Gasteiger partial charge in [-0.05, 0) is 38.6 Å². The molecule has 0 atom stereocenters. The Morgan fingerprint density at radius 3 is 2.88 bits per heavy atom. The summed E-state index contributed by atoms with van der Waals surface area (Å²) in [6.45, 7) is 7.55. The Balaban J connectivity index is 1.95. The Bertz CT molecular complexity index is 337. The predicted molar refractivity (Wildman–Crippen MR) is 70.9 cm³/mol. The molecule has 0 spiro atoms. The molecule has 0 aromatic carbocycles. The number of rotatable bonds is 6. The Kier molecular flexibility index (Phi) is 4.60. The second-order valence-electron chi connectivity index (χ2n) is 5.23. The van der Waals surface area contributed by atoms with E-state index in [0.29, 0.717) is 0 Å². The molecule has 1 heterocycles. The zero-order valence-corrected chi connectivity index (χ0v) is 11.2. The molecular weight excluding hydrogens is 210 g/mol. The normalized spacial score (nSPS) is 16.8. The molecule has 1 N–H and O–H groups in total. The molecule has 3 nitrogen and oxygen atoms in total. The molecule has 3 heteroatoms. The molecule has 2 rings (SSSR count). The van der Waals surface area contributed by atoms with E-state index >= 15 is 0 Å². The van der Waals surface area contributed by atoms with Crippen molar-refractivity contribution < 1.29 is 0 Å². The number of hydrogen-bond donors (Lipinski definition) is 1. The van der Waals surface area contributed by atoms with Crippen molar-refractivity contribution in [2.75, 3.05) is 6.54 Å². The maximum absolute atomic E-state index is 4.46. The van der Waals surface area contributed by atoms with Crippen molar-refractivity contribution in [3.63, 3.8) is 0 Å². The van der Waals surface area contributed by atoms with Gasteiger partial charge in [0.15, 0.2) is 0 Å². The predicted octanol–water partition coefficient (Wildman–Crippen LogP) is 2.88. The van der Waals surface area contributed by atoms with Crippen LogP contribution in [0.3, 0.4) is 0 Å². The smallest absolute Gasteiger partial charge is 0.105 e. The summed E-state index contributed by atoms with van der Waals surface area (Å²) in [5.41, 5.74) is 1.35. The Morgan fingerprint density at radius 2 is 2.18 bits per heavy atom. The van der Waals surface area contributed by atoms with Crippen LogP contribution in [0.15, 0.2) is 6.20 Å². The molecule has 0 saturated heterocycles. The summed E-state index contributed by atoms with van der Waals surface area (Å²) < 4.78 is 2.42. The first kappa shape index (κ1) is 12.6. The topological polar surface area (TPSA) is 29.9 Å². The number of aryl methyl sites for hydroxylation is 1. The average molecular weight is 235 g/mol. The summed E-state index contributed by atoms with van der Waals surface area (Å²) in [6.07, 6.45) is 8.87. The van der Waals surface area contributed by atoms with E-state index in [0.717, 1.165) is 19.0 Å². The Hall–Kier alpha value is -0.830. The molecule has 0 amide bonds. The Morgan fingerprint density at radius 1 is 1.41 bits per heavy atom. The van der Waals surface area contributed by atoms with E-state index in [2.05, 4.69) is 28.7 Å². The first-order valence-corrected chi connectivity index (χ1v) is 7.03. The van der Waals surface area contributed by atoms with Crippen molar-refractivity contribution in [1.82, 2.24) is 14.9 Å². The van der Waals surface area contributed by atoms with Gasteiger partial charge in [-0.25, -0.2) is 4.98 Å². The molecule has 1 aromatic rings. The Labute approximate surface area is 105 Å². The van der Waals surface area contributed by atoms with E-state index in [-0.39, 0.29) is 0 Å². The van der Waals surface area contributed by atoms with Gasteiger partial charge in [0.1, 0.15) is 5.82 Å². The highest BCUT2D eigenvalue weighted by Crippen LogP contribution is 2.27. The first-order valence-electron chi connectivity index (χ1n) is 7.03. The second kappa shape index (κ2) is 6.20. The highest BCUT2D eigenvalue weighted by atomic mass is 15.1. The molecule has 0 radical (unpaired) electrons. The van der Waals surface area contributed by atoms with Crippen LogP contribution in [0.25, 0.3) is 0 Å². The van der Waals surface area contributed by atoms with Crippen LogP contribution in [0.1, 0.15) is 50.5 Å². The maximum atomic E-state index is 4.46. The van der Waals surface area contributed by atoms with Gasteiger partial charge in [0.25, 0.3) is 0 Å². The summed E-state index contributed by atoms with van der Waals surface area (Å²) in [7, 11) is 0. The summed E-state index contributed by atoms with van der Waals surface area (Å²) in [5, 5.41) is 3.47. The zero-order chi connectivity index (χ0) is 12.1. The lowest BCUT2D eigenvalue weighted by atomic mass is 10.1. The minimum atomic E-state index is 0.882.